The van der Waals surface area contributed by atoms with Crippen LogP contribution in [0.3, 0.4) is 0 Å². The highest BCUT2D eigenvalue weighted by atomic mass is 16.5. The van der Waals surface area contributed by atoms with Gasteiger partial charge in [-0.3, -0.25) is 4.79 Å². The van der Waals surface area contributed by atoms with Gasteiger partial charge in [0.05, 0.1) is 12.7 Å². The van der Waals surface area contributed by atoms with Crippen LogP contribution in [0.2, 0.25) is 0 Å². The molecule has 1 aliphatic carbocycles. The highest BCUT2D eigenvalue weighted by Crippen LogP contribution is 2.36. The first-order valence-electron chi connectivity index (χ1n) is 6.43. The number of ether oxygens (including phenoxy) is 1. The van der Waals surface area contributed by atoms with Crippen LogP contribution in [0.25, 0.3) is 0 Å². The average Bonchev–Trinajstić information content (AvgIpc) is 2.86. The summed E-state index contributed by atoms with van der Waals surface area (Å²) in [5.74, 6) is 1.91. The van der Waals surface area contributed by atoms with E-state index in [1.54, 1.807) is 7.11 Å². The molecule has 0 aliphatic heterocycles. The third-order valence-corrected chi connectivity index (χ3v) is 3.86. The summed E-state index contributed by atoms with van der Waals surface area (Å²) in [6, 6.07) is 7.54. The molecule has 17 heavy (non-hydrogen) atoms. The number of carbonyl (C=O) groups excluding carboxylic acids is 1. The highest BCUT2D eigenvalue weighted by molar-refractivity contribution is 6.00. The number of rotatable bonds is 4. The SMILES string of the molecule is CCC1CCC(C(=O)c2ccccc2OC)C1. The molecule has 1 saturated carbocycles. The largest absolute Gasteiger partial charge is 0.496 e. The molecule has 2 unspecified atom stereocenters. The number of ketones is 1. The molecule has 0 amide bonds. The van der Waals surface area contributed by atoms with E-state index in [9.17, 15) is 4.79 Å². The number of benzene rings is 1. The van der Waals surface area contributed by atoms with Crippen molar-refractivity contribution in [1.82, 2.24) is 0 Å². The van der Waals surface area contributed by atoms with Crippen molar-refractivity contribution in [1.29, 1.82) is 0 Å². The minimum Gasteiger partial charge on any atom is -0.496 e. The van der Waals surface area contributed by atoms with Crippen LogP contribution in [0.5, 0.6) is 5.75 Å². The second-order valence-corrected chi connectivity index (χ2v) is 4.85. The molecule has 2 rings (SSSR count). The molecule has 92 valence electrons. The molecule has 2 heteroatoms. The van der Waals surface area contributed by atoms with Gasteiger partial charge in [0, 0.05) is 5.92 Å². The summed E-state index contributed by atoms with van der Waals surface area (Å²) in [7, 11) is 1.62. The van der Waals surface area contributed by atoms with Gasteiger partial charge in [0.15, 0.2) is 5.78 Å². The summed E-state index contributed by atoms with van der Waals surface area (Å²) in [5, 5.41) is 0. The first-order valence-corrected chi connectivity index (χ1v) is 6.43. The molecule has 2 atom stereocenters. The fourth-order valence-electron chi connectivity index (χ4n) is 2.75. The van der Waals surface area contributed by atoms with Gasteiger partial charge < -0.3 is 4.74 Å². The van der Waals surface area contributed by atoms with E-state index >= 15 is 0 Å². The van der Waals surface area contributed by atoms with E-state index in [0.717, 1.165) is 24.3 Å². The molecule has 0 saturated heterocycles. The summed E-state index contributed by atoms with van der Waals surface area (Å²) in [6.45, 7) is 2.21. The summed E-state index contributed by atoms with van der Waals surface area (Å²) in [6.07, 6.45) is 4.47. The van der Waals surface area contributed by atoms with Crippen molar-refractivity contribution >= 4 is 5.78 Å². The van der Waals surface area contributed by atoms with Crippen LogP contribution >= 0.6 is 0 Å². The minimum absolute atomic E-state index is 0.205. The number of carbonyl (C=O) groups is 1. The smallest absolute Gasteiger partial charge is 0.169 e. The van der Waals surface area contributed by atoms with Gasteiger partial charge in [-0.2, -0.15) is 0 Å². The van der Waals surface area contributed by atoms with Crippen LogP contribution in [0.4, 0.5) is 0 Å². The molecule has 0 radical (unpaired) electrons. The van der Waals surface area contributed by atoms with Gasteiger partial charge in [0.2, 0.25) is 0 Å². The Morgan fingerprint density at radius 3 is 2.76 bits per heavy atom. The lowest BCUT2D eigenvalue weighted by molar-refractivity contribution is 0.0917. The van der Waals surface area contributed by atoms with Crippen LogP contribution in [0, 0.1) is 11.8 Å². The zero-order valence-electron chi connectivity index (χ0n) is 10.6. The van der Waals surface area contributed by atoms with Crippen molar-refractivity contribution in [2.24, 2.45) is 11.8 Å². The van der Waals surface area contributed by atoms with Crippen molar-refractivity contribution < 1.29 is 9.53 Å². The van der Waals surface area contributed by atoms with Gasteiger partial charge in [0.1, 0.15) is 5.75 Å². The van der Waals surface area contributed by atoms with Crippen molar-refractivity contribution in [3.63, 3.8) is 0 Å². The lowest BCUT2D eigenvalue weighted by atomic mass is 9.94. The van der Waals surface area contributed by atoms with Gasteiger partial charge in [-0.25, -0.2) is 0 Å². The third kappa shape index (κ3) is 2.51. The number of hydrogen-bond donors (Lipinski definition) is 0. The highest BCUT2D eigenvalue weighted by Gasteiger charge is 2.30. The third-order valence-electron chi connectivity index (χ3n) is 3.86. The zero-order chi connectivity index (χ0) is 12.3. The molecule has 0 spiro atoms. The Hall–Kier alpha value is -1.31. The Morgan fingerprint density at radius 1 is 1.35 bits per heavy atom. The van der Waals surface area contributed by atoms with Crippen molar-refractivity contribution in [2.45, 2.75) is 32.6 Å². The fourth-order valence-corrected chi connectivity index (χ4v) is 2.75. The average molecular weight is 232 g/mol. The molecule has 1 fully saturated rings. The Bertz CT molecular complexity index is 398. The van der Waals surface area contributed by atoms with Gasteiger partial charge >= 0.3 is 0 Å². The molecule has 1 aliphatic rings. The second-order valence-electron chi connectivity index (χ2n) is 4.85. The minimum atomic E-state index is 0.205. The maximum atomic E-state index is 12.4. The Labute approximate surface area is 103 Å². The van der Waals surface area contributed by atoms with E-state index < -0.39 is 0 Å². The number of hydrogen-bond acceptors (Lipinski definition) is 2. The summed E-state index contributed by atoms with van der Waals surface area (Å²) in [5.41, 5.74) is 0.747. The lowest BCUT2D eigenvalue weighted by Crippen LogP contribution is -2.12. The van der Waals surface area contributed by atoms with E-state index in [2.05, 4.69) is 6.92 Å². The van der Waals surface area contributed by atoms with E-state index in [1.807, 2.05) is 24.3 Å². The quantitative estimate of drug-likeness (QED) is 0.740. The van der Waals surface area contributed by atoms with Crippen molar-refractivity contribution in [2.75, 3.05) is 7.11 Å². The van der Waals surface area contributed by atoms with Crippen LogP contribution in [-0.2, 0) is 0 Å². The maximum absolute atomic E-state index is 12.4. The molecule has 0 bridgehead atoms. The second kappa shape index (κ2) is 5.35. The van der Waals surface area contributed by atoms with Crippen LogP contribution in [0.1, 0.15) is 43.0 Å². The lowest BCUT2D eigenvalue weighted by Gasteiger charge is -2.12. The first-order chi connectivity index (χ1) is 8.26. The molecule has 0 heterocycles. The fraction of sp³-hybridized carbons (Fsp3) is 0.533. The predicted molar refractivity (Wildman–Crippen MR) is 68.4 cm³/mol. The Balaban J connectivity index is 2.15. The van der Waals surface area contributed by atoms with Crippen LogP contribution in [0.15, 0.2) is 24.3 Å². The molecule has 2 nitrogen and oxygen atoms in total. The first kappa shape index (κ1) is 12.2. The van der Waals surface area contributed by atoms with Crippen molar-refractivity contribution in [3.05, 3.63) is 29.8 Å². The van der Waals surface area contributed by atoms with Gasteiger partial charge in [0.25, 0.3) is 0 Å². The van der Waals surface area contributed by atoms with E-state index in [1.165, 1.54) is 12.8 Å². The topological polar surface area (TPSA) is 26.3 Å². The van der Waals surface area contributed by atoms with Crippen LogP contribution in [-0.4, -0.2) is 12.9 Å². The summed E-state index contributed by atoms with van der Waals surface area (Å²) < 4.78 is 5.26. The van der Waals surface area contributed by atoms with Crippen molar-refractivity contribution in [3.8, 4) is 5.75 Å². The molecular formula is C15H20O2. The molecule has 0 N–H and O–H groups in total. The molecule has 1 aromatic rings. The normalized spacial score (nSPS) is 23.6. The summed E-state index contributed by atoms with van der Waals surface area (Å²) >= 11 is 0. The number of para-hydroxylation sites is 1. The van der Waals surface area contributed by atoms with Gasteiger partial charge in [-0.15, -0.1) is 0 Å². The number of methoxy groups -OCH3 is 1. The van der Waals surface area contributed by atoms with E-state index in [4.69, 9.17) is 4.74 Å². The van der Waals surface area contributed by atoms with E-state index in [-0.39, 0.29) is 11.7 Å². The standard InChI is InChI=1S/C15H20O2/c1-3-11-8-9-12(10-11)15(16)13-6-4-5-7-14(13)17-2/h4-7,11-12H,3,8-10H2,1-2H3. The van der Waals surface area contributed by atoms with Crippen LogP contribution < -0.4 is 4.74 Å². The molecule has 0 aromatic heterocycles. The Morgan fingerprint density at radius 2 is 2.12 bits per heavy atom. The Kier molecular flexibility index (Phi) is 3.82. The number of Topliss-reactive ketones (excluding diaryl/α,β-unsaturated/α-hetero) is 1. The predicted octanol–water partition coefficient (Wildman–Crippen LogP) is 3.70. The van der Waals surface area contributed by atoms with Gasteiger partial charge in [-0.1, -0.05) is 25.5 Å². The maximum Gasteiger partial charge on any atom is 0.169 e. The molecular weight excluding hydrogens is 212 g/mol. The zero-order valence-corrected chi connectivity index (χ0v) is 10.6. The monoisotopic (exact) mass is 232 g/mol. The van der Waals surface area contributed by atoms with E-state index in [0.29, 0.717) is 5.75 Å². The van der Waals surface area contributed by atoms with Gasteiger partial charge in [-0.05, 0) is 37.3 Å². The summed E-state index contributed by atoms with van der Waals surface area (Å²) in [4.78, 5) is 12.4. The molecule has 1 aromatic carbocycles.